The Morgan fingerprint density at radius 3 is 2.56 bits per heavy atom. The van der Waals surface area contributed by atoms with Crippen molar-refractivity contribution in [1.29, 1.82) is 0 Å². The summed E-state index contributed by atoms with van der Waals surface area (Å²) < 4.78 is 0. The molecule has 3 aromatic carbocycles. The Labute approximate surface area is 210 Å². The van der Waals surface area contributed by atoms with Crippen LogP contribution in [-0.2, 0) is 17.6 Å². The fourth-order valence-corrected chi connectivity index (χ4v) is 4.59. The van der Waals surface area contributed by atoms with E-state index in [2.05, 4.69) is 10.3 Å². The second-order valence-electron chi connectivity index (χ2n) is 9.05. The summed E-state index contributed by atoms with van der Waals surface area (Å²) in [5, 5.41) is 3.05. The van der Waals surface area contributed by atoms with Gasteiger partial charge in [0, 0.05) is 41.4 Å². The highest BCUT2D eigenvalue weighted by Crippen LogP contribution is 2.32. The predicted molar refractivity (Wildman–Crippen MR) is 143 cm³/mol. The summed E-state index contributed by atoms with van der Waals surface area (Å²) in [4.78, 5) is 32.4. The average Bonchev–Trinajstić information content (AvgIpc) is 3.33. The number of hydrogen-bond donors (Lipinski definition) is 2. The number of rotatable bonds is 6. The number of benzene rings is 3. The van der Waals surface area contributed by atoms with E-state index in [9.17, 15) is 9.59 Å². The quantitative estimate of drug-likeness (QED) is 0.403. The molecule has 2 heterocycles. The Hall–Kier alpha value is -4.29. The van der Waals surface area contributed by atoms with E-state index >= 15 is 0 Å². The lowest BCUT2D eigenvalue weighted by molar-refractivity contribution is -0.117. The van der Waals surface area contributed by atoms with Crippen LogP contribution in [0.2, 0.25) is 0 Å². The normalized spacial score (nSPS) is 13.2. The predicted octanol–water partition coefficient (Wildman–Crippen LogP) is 5.15. The highest BCUT2D eigenvalue weighted by Gasteiger charge is 2.25. The largest absolute Gasteiger partial charge is 0.324 e. The van der Waals surface area contributed by atoms with E-state index < -0.39 is 0 Å². The van der Waals surface area contributed by atoms with Gasteiger partial charge in [-0.25, -0.2) is 0 Å². The smallest absolute Gasteiger partial charge is 0.256 e. The highest BCUT2D eigenvalue weighted by atomic mass is 16.2. The van der Waals surface area contributed by atoms with Gasteiger partial charge in [0.25, 0.3) is 5.91 Å². The van der Waals surface area contributed by atoms with Crippen LogP contribution in [0.3, 0.4) is 0 Å². The first-order valence-corrected chi connectivity index (χ1v) is 12.1. The molecule has 3 N–H and O–H groups in total. The third-order valence-corrected chi connectivity index (χ3v) is 6.49. The summed E-state index contributed by atoms with van der Waals surface area (Å²) in [6.07, 6.45) is 2.70. The molecule has 0 spiro atoms. The third-order valence-electron chi connectivity index (χ3n) is 6.49. The molecule has 2 amide bonds. The van der Waals surface area contributed by atoms with Gasteiger partial charge in [-0.15, -0.1) is 0 Å². The van der Waals surface area contributed by atoms with Crippen molar-refractivity contribution in [2.45, 2.75) is 25.8 Å². The monoisotopic (exact) mass is 476 g/mol. The molecule has 4 aromatic rings. The van der Waals surface area contributed by atoms with E-state index in [1.165, 1.54) is 0 Å². The molecule has 1 aliphatic heterocycles. The van der Waals surface area contributed by atoms with Gasteiger partial charge >= 0.3 is 0 Å². The van der Waals surface area contributed by atoms with Gasteiger partial charge in [-0.1, -0.05) is 48.5 Å². The van der Waals surface area contributed by atoms with Crippen LogP contribution >= 0.6 is 0 Å². The standard InChI is InChI=1S/C30H28N4O2/c1-20(31)22-10-12-26(21-7-3-2-4-8-21)27(18-22)30(36)33-25-11-13-28-23(17-25)14-16-34(28)29(35)19-24-9-5-6-15-32-24/h2-13,15,17-18,20H,14,16,19,31H2,1H3,(H,33,36). The molecule has 6 heteroatoms. The van der Waals surface area contributed by atoms with E-state index in [0.29, 0.717) is 17.8 Å². The maximum absolute atomic E-state index is 13.4. The molecule has 180 valence electrons. The van der Waals surface area contributed by atoms with Gasteiger partial charge in [0.15, 0.2) is 0 Å². The van der Waals surface area contributed by atoms with Crippen LogP contribution in [0.5, 0.6) is 0 Å². The minimum absolute atomic E-state index is 0.0180. The number of nitrogens with zero attached hydrogens (tertiary/aromatic N) is 2. The molecule has 0 radical (unpaired) electrons. The first-order valence-electron chi connectivity index (χ1n) is 12.1. The molecule has 0 saturated carbocycles. The number of fused-ring (bicyclic) bond motifs is 1. The van der Waals surface area contributed by atoms with Crippen molar-refractivity contribution >= 4 is 23.2 Å². The summed E-state index contributed by atoms with van der Waals surface area (Å²) in [5.74, 6) is -0.179. The van der Waals surface area contributed by atoms with Gasteiger partial charge in [-0.05, 0) is 72.0 Å². The fraction of sp³-hybridized carbons (Fsp3) is 0.167. The van der Waals surface area contributed by atoms with Crippen molar-refractivity contribution in [3.8, 4) is 11.1 Å². The molecule has 0 aliphatic carbocycles. The second kappa shape index (κ2) is 10.1. The first kappa shape index (κ1) is 23.5. The minimum Gasteiger partial charge on any atom is -0.324 e. The van der Waals surface area contributed by atoms with Gasteiger partial charge in [-0.3, -0.25) is 14.6 Å². The second-order valence-corrected chi connectivity index (χ2v) is 9.05. The average molecular weight is 477 g/mol. The Bertz CT molecular complexity index is 1400. The van der Waals surface area contributed by atoms with Crippen LogP contribution < -0.4 is 16.0 Å². The van der Waals surface area contributed by atoms with Gasteiger partial charge in [0.2, 0.25) is 5.91 Å². The lowest BCUT2D eigenvalue weighted by atomic mass is 9.95. The number of pyridine rings is 1. The van der Waals surface area contributed by atoms with Crippen molar-refractivity contribution in [3.63, 3.8) is 0 Å². The van der Waals surface area contributed by atoms with Gasteiger partial charge in [0.1, 0.15) is 0 Å². The van der Waals surface area contributed by atoms with Crippen LogP contribution in [0.15, 0.2) is 91.1 Å². The number of aromatic nitrogens is 1. The first-order chi connectivity index (χ1) is 17.5. The number of nitrogens with one attached hydrogen (secondary N) is 1. The van der Waals surface area contributed by atoms with Crippen LogP contribution in [-0.4, -0.2) is 23.3 Å². The molecule has 0 bridgehead atoms. The van der Waals surface area contributed by atoms with Crippen LogP contribution in [0.1, 0.15) is 40.1 Å². The van der Waals surface area contributed by atoms with Crippen molar-refractivity contribution in [2.24, 2.45) is 5.73 Å². The Balaban J connectivity index is 1.37. The van der Waals surface area contributed by atoms with E-state index in [-0.39, 0.29) is 24.3 Å². The summed E-state index contributed by atoms with van der Waals surface area (Å²) in [6.45, 7) is 2.52. The summed E-state index contributed by atoms with van der Waals surface area (Å²) in [5.41, 5.74) is 12.8. The third kappa shape index (κ3) is 4.90. The maximum atomic E-state index is 13.4. The molecule has 0 saturated heterocycles. The van der Waals surface area contributed by atoms with Crippen molar-refractivity contribution in [2.75, 3.05) is 16.8 Å². The molecule has 1 aliphatic rings. The molecular weight excluding hydrogens is 448 g/mol. The molecule has 1 aromatic heterocycles. The summed E-state index contributed by atoms with van der Waals surface area (Å²) >= 11 is 0. The topological polar surface area (TPSA) is 88.3 Å². The molecule has 6 nitrogen and oxygen atoms in total. The van der Waals surface area contributed by atoms with Crippen molar-refractivity contribution in [3.05, 3.63) is 114 Å². The van der Waals surface area contributed by atoms with Crippen LogP contribution in [0.4, 0.5) is 11.4 Å². The SMILES string of the molecule is CC(N)c1ccc(-c2ccccc2)c(C(=O)Nc2ccc3c(c2)CCN3C(=O)Cc2ccccn2)c1. The van der Waals surface area contributed by atoms with Gasteiger partial charge < -0.3 is 16.0 Å². The highest BCUT2D eigenvalue weighted by molar-refractivity contribution is 6.09. The summed E-state index contributed by atoms with van der Waals surface area (Å²) in [6, 6.07) is 26.7. The number of carbonyl (C=O) groups excluding carboxylic acids is 2. The lowest BCUT2D eigenvalue weighted by Crippen LogP contribution is -2.30. The fourth-order valence-electron chi connectivity index (χ4n) is 4.59. The molecular formula is C30H28N4O2. The minimum atomic E-state index is -0.197. The molecule has 5 rings (SSSR count). The molecule has 0 fully saturated rings. The lowest BCUT2D eigenvalue weighted by Gasteiger charge is -2.18. The molecule has 36 heavy (non-hydrogen) atoms. The van der Waals surface area contributed by atoms with E-state index in [0.717, 1.165) is 40.1 Å². The van der Waals surface area contributed by atoms with E-state index in [1.807, 2.05) is 91.9 Å². The zero-order chi connectivity index (χ0) is 25.1. The van der Waals surface area contributed by atoms with E-state index in [4.69, 9.17) is 5.73 Å². The maximum Gasteiger partial charge on any atom is 0.256 e. The number of hydrogen-bond acceptors (Lipinski definition) is 4. The Morgan fingerprint density at radius 1 is 1.00 bits per heavy atom. The number of amides is 2. The van der Waals surface area contributed by atoms with Crippen LogP contribution in [0, 0.1) is 0 Å². The zero-order valence-corrected chi connectivity index (χ0v) is 20.1. The number of anilines is 2. The van der Waals surface area contributed by atoms with Crippen molar-refractivity contribution < 1.29 is 9.59 Å². The van der Waals surface area contributed by atoms with E-state index in [1.54, 1.807) is 11.1 Å². The van der Waals surface area contributed by atoms with Crippen LogP contribution in [0.25, 0.3) is 11.1 Å². The van der Waals surface area contributed by atoms with Gasteiger partial charge in [-0.2, -0.15) is 0 Å². The van der Waals surface area contributed by atoms with Crippen molar-refractivity contribution in [1.82, 2.24) is 4.98 Å². The molecule has 1 atom stereocenters. The number of nitrogens with two attached hydrogens (primary N) is 1. The van der Waals surface area contributed by atoms with Gasteiger partial charge in [0.05, 0.1) is 6.42 Å². The number of carbonyl (C=O) groups is 2. The molecule has 1 unspecified atom stereocenters. The Morgan fingerprint density at radius 2 is 1.81 bits per heavy atom. The summed E-state index contributed by atoms with van der Waals surface area (Å²) in [7, 11) is 0. The Kier molecular flexibility index (Phi) is 6.60. The zero-order valence-electron chi connectivity index (χ0n) is 20.1.